The maximum Gasteiger partial charge on any atom is 3.00 e. The van der Waals surface area contributed by atoms with Crippen LogP contribution < -0.4 is 29.4 Å². The predicted octanol–water partition coefficient (Wildman–Crippen LogP) is -5.71. The Morgan fingerprint density at radius 2 is 0.500 bits per heavy atom. The molecule has 78 valence electrons. The summed E-state index contributed by atoms with van der Waals surface area (Å²) in [6.07, 6.45) is 0. The SMILES string of the molecule is O=[PH]([O-])[O-].O=[PH]([O-])[O-].O=[PH]([O-])[O-].[Sc+3].[Sc+3]. The minimum atomic E-state index is -3.63. The maximum absolute atomic E-state index is 8.52. The van der Waals surface area contributed by atoms with Crippen LogP contribution in [0.2, 0.25) is 0 Å². The molecule has 0 aromatic carbocycles. The first kappa shape index (κ1) is 29.8. The average molecular weight is 330 g/mol. The van der Waals surface area contributed by atoms with Crippen LogP contribution in [0.25, 0.3) is 0 Å². The predicted molar refractivity (Wildman–Crippen MR) is 27.0 cm³/mol. The minimum Gasteiger partial charge on any atom is -0.813 e. The minimum absolute atomic E-state index is 0. The van der Waals surface area contributed by atoms with E-state index < -0.39 is 24.8 Å². The van der Waals surface area contributed by atoms with Gasteiger partial charge in [-0.15, -0.1) is 0 Å². The zero-order valence-corrected chi connectivity index (χ0v) is 12.9. The molecule has 0 fully saturated rings. The van der Waals surface area contributed by atoms with Crippen LogP contribution in [-0.4, -0.2) is 0 Å². The molecule has 9 nitrogen and oxygen atoms in total. The summed E-state index contributed by atoms with van der Waals surface area (Å²) >= 11 is 0. The third-order valence-corrected chi connectivity index (χ3v) is 0. The molecule has 0 saturated carbocycles. The molecule has 0 radical (unpaired) electrons. The Morgan fingerprint density at radius 3 is 0.500 bits per heavy atom. The van der Waals surface area contributed by atoms with E-state index in [2.05, 4.69) is 0 Å². The van der Waals surface area contributed by atoms with Gasteiger partial charge in [-0.3, -0.25) is 0 Å². The van der Waals surface area contributed by atoms with Crippen molar-refractivity contribution in [3.05, 3.63) is 0 Å². The topological polar surface area (TPSA) is 190 Å². The van der Waals surface area contributed by atoms with Gasteiger partial charge in [-0.2, -0.15) is 0 Å². The largest absolute Gasteiger partial charge is 3.00 e. The molecule has 14 heavy (non-hydrogen) atoms. The van der Waals surface area contributed by atoms with Crippen LogP contribution in [0, 0.1) is 0 Å². The fraction of sp³-hybridized carbons (Fsp3) is 0. The Kier molecular flexibility index (Phi) is 52.1. The Bertz CT molecular complexity index is 116. The summed E-state index contributed by atoms with van der Waals surface area (Å²) in [5.41, 5.74) is 0. The monoisotopic (exact) mass is 330 g/mol. The molecule has 0 atom stereocenters. The van der Waals surface area contributed by atoms with Gasteiger partial charge in [0, 0.05) is 0 Å². The van der Waals surface area contributed by atoms with E-state index in [1.54, 1.807) is 0 Å². The van der Waals surface area contributed by atoms with Crippen LogP contribution in [0.15, 0.2) is 0 Å². The second kappa shape index (κ2) is 24.4. The summed E-state index contributed by atoms with van der Waals surface area (Å²) in [4.78, 5) is 51.1. The second-order valence-corrected chi connectivity index (χ2v) is 2.25. The zero-order chi connectivity index (χ0) is 10.7. The molecule has 0 aromatic rings. The first-order chi connectivity index (χ1) is 5.20. The van der Waals surface area contributed by atoms with Crippen molar-refractivity contribution in [2.24, 2.45) is 0 Å². The van der Waals surface area contributed by atoms with Crippen LogP contribution in [0.3, 0.4) is 0 Å². The number of rotatable bonds is 0. The first-order valence-corrected chi connectivity index (χ1v) is 5.51. The van der Waals surface area contributed by atoms with E-state index in [4.69, 9.17) is 43.1 Å². The van der Waals surface area contributed by atoms with E-state index >= 15 is 0 Å². The van der Waals surface area contributed by atoms with Gasteiger partial charge < -0.3 is 43.1 Å². The molecule has 0 unspecified atom stereocenters. The standard InChI is InChI=1S/3H3O3P.2Sc/c3*1-4(2)3;;/h3*4H,(H2,1,2,3);;/q;;;2*+3/p-6. The van der Waals surface area contributed by atoms with Gasteiger partial charge >= 0.3 is 51.7 Å². The molecule has 0 aliphatic rings. The maximum atomic E-state index is 8.52. The fourth-order valence-corrected chi connectivity index (χ4v) is 0. The van der Waals surface area contributed by atoms with Gasteiger partial charge in [0.2, 0.25) is 0 Å². The van der Waals surface area contributed by atoms with Gasteiger partial charge in [-0.25, -0.2) is 0 Å². The van der Waals surface area contributed by atoms with Crippen LogP contribution in [0.5, 0.6) is 0 Å². The van der Waals surface area contributed by atoms with E-state index in [9.17, 15) is 0 Å². The van der Waals surface area contributed by atoms with Gasteiger partial charge in [0.25, 0.3) is 0 Å². The van der Waals surface area contributed by atoms with Crippen molar-refractivity contribution in [1.29, 1.82) is 0 Å². The molecule has 0 amide bonds. The van der Waals surface area contributed by atoms with Gasteiger partial charge in [0.15, 0.2) is 0 Å². The van der Waals surface area contributed by atoms with E-state index in [-0.39, 0.29) is 51.7 Å². The molecule has 14 heteroatoms. The summed E-state index contributed by atoms with van der Waals surface area (Å²) in [5.74, 6) is 0. The molecular formula is H3O9P3Sc2. The Balaban J connectivity index is -0.0000000270. The molecule has 0 aromatic heterocycles. The summed E-state index contributed by atoms with van der Waals surface area (Å²) in [6.45, 7) is 0. The van der Waals surface area contributed by atoms with E-state index in [0.29, 0.717) is 0 Å². The first-order valence-electron chi connectivity index (χ1n) is 1.84. The van der Waals surface area contributed by atoms with Crippen molar-refractivity contribution >= 4 is 24.8 Å². The van der Waals surface area contributed by atoms with Gasteiger partial charge in [0.05, 0.1) is 0 Å². The average Bonchev–Trinajstić information content (AvgIpc) is 1.54. The van der Waals surface area contributed by atoms with Crippen LogP contribution in [-0.2, 0) is 65.4 Å². The van der Waals surface area contributed by atoms with E-state index in [1.807, 2.05) is 0 Å². The normalized spacial score (nSPS) is 7.50. The molecule has 0 spiro atoms. The third kappa shape index (κ3) is 515. The third-order valence-electron chi connectivity index (χ3n) is 0. The van der Waals surface area contributed by atoms with Crippen LogP contribution in [0.1, 0.15) is 0 Å². The molecule has 0 N–H and O–H groups in total. The van der Waals surface area contributed by atoms with Gasteiger partial charge in [-0.05, 0) is 0 Å². The van der Waals surface area contributed by atoms with E-state index in [0.717, 1.165) is 0 Å². The van der Waals surface area contributed by atoms with Gasteiger partial charge in [0.1, 0.15) is 0 Å². The van der Waals surface area contributed by atoms with Crippen molar-refractivity contribution in [3.63, 3.8) is 0 Å². The molecule has 0 aliphatic heterocycles. The molecule has 0 heterocycles. The zero-order valence-electron chi connectivity index (χ0n) is 6.33. The van der Waals surface area contributed by atoms with E-state index in [1.165, 1.54) is 0 Å². The second-order valence-electron chi connectivity index (χ2n) is 0.750. The van der Waals surface area contributed by atoms with Crippen molar-refractivity contribution in [2.75, 3.05) is 0 Å². The fourth-order valence-electron chi connectivity index (χ4n) is 0. The molecule has 0 bridgehead atoms. The molecule has 0 rings (SSSR count). The van der Waals surface area contributed by atoms with Crippen LogP contribution >= 0.6 is 24.8 Å². The summed E-state index contributed by atoms with van der Waals surface area (Å²) in [7, 11) is -10.9. The Hall–Kier alpha value is 2.19. The van der Waals surface area contributed by atoms with Crippen molar-refractivity contribution in [2.45, 2.75) is 0 Å². The number of hydrogen-bond acceptors (Lipinski definition) is 9. The van der Waals surface area contributed by atoms with Crippen molar-refractivity contribution < 1.29 is 94.7 Å². The van der Waals surface area contributed by atoms with Crippen molar-refractivity contribution in [3.8, 4) is 0 Å². The number of hydrogen-bond donors (Lipinski definition) is 0. The summed E-state index contributed by atoms with van der Waals surface area (Å²) in [6, 6.07) is 0. The molecular weight excluding hydrogens is 327 g/mol. The summed E-state index contributed by atoms with van der Waals surface area (Å²) in [5, 5.41) is 0. The molecule has 0 aliphatic carbocycles. The van der Waals surface area contributed by atoms with Gasteiger partial charge in [-0.1, -0.05) is 24.8 Å². The van der Waals surface area contributed by atoms with Crippen LogP contribution in [0.4, 0.5) is 0 Å². The van der Waals surface area contributed by atoms with Crippen molar-refractivity contribution in [1.82, 2.24) is 0 Å². The Morgan fingerprint density at radius 1 is 0.500 bits per heavy atom. The smallest absolute Gasteiger partial charge is 0.813 e. The Labute approximate surface area is 119 Å². The quantitative estimate of drug-likeness (QED) is 0.389. The molecule has 0 saturated heterocycles. The summed E-state index contributed by atoms with van der Waals surface area (Å²) < 4.78 is 25.6.